The summed E-state index contributed by atoms with van der Waals surface area (Å²) in [4.78, 5) is 15.0. The number of hydrogen-bond acceptors (Lipinski definition) is 5. The van der Waals surface area contributed by atoms with E-state index in [1.807, 2.05) is 5.40 Å². The van der Waals surface area contributed by atoms with Crippen molar-refractivity contribution in [1.82, 2.24) is 4.98 Å². The van der Waals surface area contributed by atoms with Gasteiger partial charge in [0.2, 0.25) is 0 Å². The van der Waals surface area contributed by atoms with Gasteiger partial charge in [-0.1, -0.05) is 0 Å². The van der Waals surface area contributed by atoms with Gasteiger partial charge in [-0.2, -0.15) is 5.26 Å². The molecule has 0 atom stereocenters. The smallest absolute Gasteiger partial charge is 0.339 e. The van der Waals surface area contributed by atoms with Gasteiger partial charge in [0.1, 0.15) is 12.0 Å². The van der Waals surface area contributed by atoms with E-state index in [4.69, 9.17) is 10.00 Å². The first-order valence-corrected chi connectivity index (χ1v) is 4.91. The molecule has 5 heteroatoms. The topological polar surface area (TPSA) is 63.0 Å². The molecule has 0 spiro atoms. The van der Waals surface area contributed by atoms with Crippen molar-refractivity contribution in [3.63, 3.8) is 0 Å². The van der Waals surface area contributed by atoms with Crippen LogP contribution in [0.1, 0.15) is 10.4 Å². The third-order valence-corrected chi connectivity index (χ3v) is 1.88. The van der Waals surface area contributed by atoms with E-state index in [0.717, 1.165) is 11.8 Å². The number of thiocyanates is 1. The average Bonchev–Trinajstić information content (AvgIpc) is 2.25. The molecule has 0 aliphatic heterocycles. The minimum absolute atomic E-state index is 0.242. The lowest BCUT2D eigenvalue weighted by atomic mass is 10.3. The summed E-state index contributed by atoms with van der Waals surface area (Å²) in [5, 5.41) is 10.1. The van der Waals surface area contributed by atoms with Gasteiger partial charge in [-0.25, -0.2) is 4.79 Å². The number of carbonyl (C=O) groups excluding carboxylic acids is 1. The maximum atomic E-state index is 11.3. The number of aromatic nitrogens is 1. The van der Waals surface area contributed by atoms with Gasteiger partial charge >= 0.3 is 5.97 Å². The monoisotopic (exact) mass is 208 g/mol. The van der Waals surface area contributed by atoms with Gasteiger partial charge in [-0.05, 0) is 23.9 Å². The number of nitriles is 1. The van der Waals surface area contributed by atoms with Crippen molar-refractivity contribution in [1.29, 1.82) is 5.26 Å². The van der Waals surface area contributed by atoms with Gasteiger partial charge in [0.25, 0.3) is 0 Å². The summed E-state index contributed by atoms with van der Waals surface area (Å²) < 4.78 is 4.88. The Kier molecular flexibility index (Phi) is 4.51. The van der Waals surface area contributed by atoms with Crippen LogP contribution in [-0.4, -0.2) is 23.3 Å². The van der Waals surface area contributed by atoms with Crippen LogP contribution in [0.4, 0.5) is 0 Å². The van der Waals surface area contributed by atoms with Crippen molar-refractivity contribution in [2.45, 2.75) is 0 Å². The van der Waals surface area contributed by atoms with E-state index >= 15 is 0 Å². The lowest BCUT2D eigenvalue weighted by Crippen LogP contribution is -2.07. The van der Waals surface area contributed by atoms with Crippen LogP contribution in [0.2, 0.25) is 0 Å². The Bertz CT molecular complexity index is 334. The number of nitrogens with zero attached hydrogens (tertiary/aromatic N) is 2. The highest BCUT2D eigenvalue weighted by Crippen LogP contribution is 2.00. The molecule has 0 aromatic carbocycles. The second-order valence-electron chi connectivity index (χ2n) is 2.32. The fourth-order valence-electron chi connectivity index (χ4n) is 0.789. The highest BCUT2D eigenvalue weighted by atomic mass is 32.2. The van der Waals surface area contributed by atoms with E-state index in [0.29, 0.717) is 11.3 Å². The fourth-order valence-corrected chi connectivity index (χ4v) is 1.05. The molecular weight excluding hydrogens is 200 g/mol. The third kappa shape index (κ3) is 3.46. The number of carbonyl (C=O) groups is 1. The molecule has 0 bridgehead atoms. The summed E-state index contributed by atoms with van der Waals surface area (Å²) in [5.41, 5.74) is 0.425. The fraction of sp³-hybridized carbons (Fsp3) is 0.222. The lowest BCUT2D eigenvalue weighted by molar-refractivity contribution is 0.0530. The summed E-state index contributed by atoms with van der Waals surface area (Å²) in [6, 6.07) is 3.30. The SMILES string of the molecule is N#CSCCOC(=O)c1cccnc1. The molecule has 0 aliphatic rings. The van der Waals surface area contributed by atoms with Crippen LogP contribution in [0.25, 0.3) is 0 Å². The Morgan fingerprint density at radius 2 is 2.57 bits per heavy atom. The van der Waals surface area contributed by atoms with Gasteiger partial charge < -0.3 is 4.74 Å². The lowest BCUT2D eigenvalue weighted by Gasteiger charge is -2.01. The van der Waals surface area contributed by atoms with Gasteiger partial charge in [-0.15, -0.1) is 0 Å². The van der Waals surface area contributed by atoms with Crippen LogP contribution in [0.3, 0.4) is 0 Å². The first-order valence-electron chi connectivity index (χ1n) is 3.92. The highest BCUT2D eigenvalue weighted by molar-refractivity contribution is 8.03. The minimum atomic E-state index is -0.406. The Hall–Kier alpha value is -1.54. The average molecular weight is 208 g/mol. The van der Waals surface area contributed by atoms with E-state index in [1.54, 1.807) is 18.3 Å². The molecule has 0 saturated heterocycles. The molecule has 72 valence electrons. The number of ether oxygens (including phenoxy) is 1. The van der Waals surface area contributed by atoms with E-state index in [-0.39, 0.29) is 6.61 Å². The molecule has 1 aromatic heterocycles. The van der Waals surface area contributed by atoms with Crippen molar-refractivity contribution in [3.8, 4) is 5.40 Å². The van der Waals surface area contributed by atoms with E-state index in [1.165, 1.54) is 6.20 Å². The van der Waals surface area contributed by atoms with E-state index in [9.17, 15) is 4.79 Å². The van der Waals surface area contributed by atoms with Crippen molar-refractivity contribution in [2.24, 2.45) is 0 Å². The molecule has 0 amide bonds. The number of thioether (sulfide) groups is 1. The molecule has 4 nitrogen and oxygen atoms in total. The van der Waals surface area contributed by atoms with Crippen LogP contribution < -0.4 is 0 Å². The standard InChI is InChI=1S/C9H8N2O2S/c10-7-14-5-4-13-9(12)8-2-1-3-11-6-8/h1-3,6H,4-5H2. The normalized spacial score (nSPS) is 9.07. The highest BCUT2D eigenvalue weighted by Gasteiger charge is 2.05. The zero-order valence-corrected chi connectivity index (χ0v) is 8.16. The summed E-state index contributed by atoms with van der Waals surface area (Å²) in [5.74, 6) is 0.0827. The Morgan fingerprint density at radius 1 is 1.71 bits per heavy atom. The summed E-state index contributed by atoms with van der Waals surface area (Å²) in [6.07, 6.45) is 3.03. The molecule has 14 heavy (non-hydrogen) atoms. The Balaban J connectivity index is 2.33. The molecule has 0 radical (unpaired) electrons. The Morgan fingerprint density at radius 3 is 3.21 bits per heavy atom. The van der Waals surface area contributed by atoms with Crippen LogP contribution in [0.15, 0.2) is 24.5 Å². The first kappa shape index (κ1) is 10.5. The zero-order chi connectivity index (χ0) is 10.2. The van der Waals surface area contributed by atoms with Gasteiger partial charge in [-0.3, -0.25) is 4.98 Å². The van der Waals surface area contributed by atoms with Crippen molar-refractivity contribution in [2.75, 3.05) is 12.4 Å². The summed E-state index contributed by atoms with van der Waals surface area (Å²) in [6.45, 7) is 0.242. The van der Waals surface area contributed by atoms with Crippen LogP contribution in [-0.2, 0) is 4.74 Å². The molecule has 0 aliphatic carbocycles. The second kappa shape index (κ2) is 6.00. The molecule has 0 unspecified atom stereocenters. The third-order valence-electron chi connectivity index (χ3n) is 1.38. The number of hydrogen-bond donors (Lipinski definition) is 0. The van der Waals surface area contributed by atoms with Crippen LogP contribution in [0.5, 0.6) is 0 Å². The molecule has 1 heterocycles. The molecule has 0 fully saturated rings. The molecule has 0 N–H and O–H groups in total. The molecule has 1 aromatic rings. The quantitative estimate of drug-likeness (QED) is 0.425. The summed E-state index contributed by atoms with van der Waals surface area (Å²) in [7, 11) is 0. The Labute approximate surface area is 85.9 Å². The number of esters is 1. The van der Waals surface area contributed by atoms with Gasteiger partial charge in [0, 0.05) is 18.1 Å². The maximum absolute atomic E-state index is 11.3. The predicted molar refractivity (Wildman–Crippen MR) is 52.6 cm³/mol. The minimum Gasteiger partial charge on any atom is -0.461 e. The number of rotatable bonds is 4. The number of pyridine rings is 1. The van der Waals surface area contributed by atoms with Crippen molar-refractivity contribution >= 4 is 17.7 Å². The zero-order valence-electron chi connectivity index (χ0n) is 7.34. The molecule has 1 rings (SSSR count). The van der Waals surface area contributed by atoms with Gasteiger partial charge in [0.05, 0.1) is 5.56 Å². The van der Waals surface area contributed by atoms with E-state index < -0.39 is 5.97 Å². The summed E-state index contributed by atoms with van der Waals surface area (Å²) >= 11 is 1.06. The van der Waals surface area contributed by atoms with Crippen LogP contribution >= 0.6 is 11.8 Å². The van der Waals surface area contributed by atoms with Crippen molar-refractivity contribution < 1.29 is 9.53 Å². The predicted octanol–water partition coefficient (Wildman–Crippen LogP) is 1.45. The molecular formula is C9H8N2O2S. The van der Waals surface area contributed by atoms with Crippen molar-refractivity contribution in [3.05, 3.63) is 30.1 Å². The largest absolute Gasteiger partial charge is 0.461 e. The maximum Gasteiger partial charge on any atom is 0.339 e. The first-order chi connectivity index (χ1) is 6.84. The van der Waals surface area contributed by atoms with E-state index in [2.05, 4.69) is 4.98 Å². The second-order valence-corrected chi connectivity index (χ2v) is 3.20. The van der Waals surface area contributed by atoms with Gasteiger partial charge in [0.15, 0.2) is 0 Å². The molecule has 0 saturated carbocycles. The van der Waals surface area contributed by atoms with Crippen LogP contribution in [0, 0.1) is 10.7 Å².